The van der Waals surface area contributed by atoms with Gasteiger partial charge in [0.2, 0.25) is 0 Å². The van der Waals surface area contributed by atoms with Crippen molar-refractivity contribution in [3.63, 3.8) is 0 Å². The molecule has 1 N–H and O–H groups in total. The lowest BCUT2D eigenvalue weighted by molar-refractivity contribution is 0.881. The predicted octanol–water partition coefficient (Wildman–Crippen LogP) is 1.48. The summed E-state index contributed by atoms with van der Waals surface area (Å²) in [6.45, 7) is 0. The molecule has 0 radical (unpaired) electrons. The molecule has 0 aliphatic heterocycles. The quantitative estimate of drug-likeness (QED) is 0.650. The Morgan fingerprint density at radius 1 is 1.29 bits per heavy atom. The van der Waals surface area contributed by atoms with Gasteiger partial charge in [0.05, 0.1) is 4.70 Å². The van der Waals surface area contributed by atoms with Crippen LogP contribution in [0.1, 0.15) is 0 Å². The van der Waals surface area contributed by atoms with Crippen molar-refractivity contribution < 1.29 is 0 Å². The van der Waals surface area contributed by atoms with E-state index in [0.717, 1.165) is 15.6 Å². The summed E-state index contributed by atoms with van der Waals surface area (Å²) in [6.07, 6.45) is 1.85. The highest BCUT2D eigenvalue weighted by atomic mass is 32.1. The molecule has 0 atom stereocenters. The molecular formula is C8H5N5S. The summed E-state index contributed by atoms with van der Waals surface area (Å²) in [7, 11) is 0. The van der Waals surface area contributed by atoms with Gasteiger partial charge < -0.3 is 0 Å². The molecule has 14 heavy (non-hydrogen) atoms. The molecule has 3 rings (SSSR count). The van der Waals surface area contributed by atoms with Crippen LogP contribution in [0.15, 0.2) is 24.4 Å². The van der Waals surface area contributed by atoms with E-state index in [0.29, 0.717) is 5.82 Å². The Balaban J connectivity index is 2.23. The molecule has 0 unspecified atom stereocenters. The number of aromatic amines is 1. The molecule has 68 valence electrons. The minimum Gasteiger partial charge on any atom is -0.239 e. The van der Waals surface area contributed by atoms with Crippen LogP contribution in [0.3, 0.4) is 0 Å². The number of H-pyrrole nitrogens is 1. The summed E-state index contributed by atoms with van der Waals surface area (Å²) < 4.78 is 5.24. The van der Waals surface area contributed by atoms with Gasteiger partial charge in [-0.3, -0.25) is 0 Å². The van der Waals surface area contributed by atoms with E-state index in [9.17, 15) is 0 Å². The van der Waals surface area contributed by atoms with Crippen molar-refractivity contribution in [2.24, 2.45) is 0 Å². The lowest BCUT2D eigenvalue weighted by atomic mass is 10.2. The van der Waals surface area contributed by atoms with Gasteiger partial charge in [0.25, 0.3) is 0 Å². The van der Waals surface area contributed by atoms with Crippen molar-refractivity contribution in [2.45, 2.75) is 0 Å². The van der Waals surface area contributed by atoms with E-state index >= 15 is 0 Å². The van der Waals surface area contributed by atoms with E-state index in [4.69, 9.17) is 0 Å². The molecule has 5 nitrogen and oxygen atoms in total. The minimum absolute atomic E-state index is 0.681. The van der Waals surface area contributed by atoms with Gasteiger partial charge in [0.15, 0.2) is 5.82 Å². The van der Waals surface area contributed by atoms with Gasteiger partial charge >= 0.3 is 0 Å². The maximum atomic E-state index is 4.10. The highest BCUT2D eigenvalue weighted by Crippen LogP contribution is 2.23. The average Bonchev–Trinajstić information content (AvgIpc) is 2.88. The zero-order chi connectivity index (χ0) is 9.38. The first kappa shape index (κ1) is 7.57. The van der Waals surface area contributed by atoms with Crippen LogP contribution in [-0.4, -0.2) is 25.0 Å². The van der Waals surface area contributed by atoms with Crippen LogP contribution in [0.5, 0.6) is 0 Å². The van der Waals surface area contributed by atoms with Crippen molar-refractivity contribution in [1.82, 2.24) is 25.0 Å². The third-order valence-electron chi connectivity index (χ3n) is 1.98. The highest BCUT2D eigenvalue weighted by molar-refractivity contribution is 7.13. The number of benzene rings is 1. The number of hydrogen-bond donors (Lipinski definition) is 1. The van der Waals surface area contributed by atoms with Crippen LogP contribution in [0.4, 0.5) is 0 Å². The Labute approximate surface area is 82.9 Å². The van der Waals surface area contributed by atoms with Gasteiger partial charge in [-0.25, -0.2) is 5.10 Å². The summed E-state index contributed by atoms with van der Waals surface area (Å²) in [5, 5.41) is 14.8. The smallest absolute Gasteiger partial charge is 0.179 e. The Bertz CT molecular complexity index is 556. The molecule has 2 aromatic heterocycles. The van der Waals surface area contributed by atoms with Crippen molar-refractivity contribution in [3.05, 3.63) is 24.4 Å². The molecule has 0 spiro atoms. The second kappa shape index (κ2) is 2.85. The van der Waals surface area contributed by atoms with Crippen LogP contribution in [0, 0.1) is 0 Å². The summed E-state index contributed by atoms with van der Waals surface area (Å²) >= 11 is 1.47. The Kier molecular flexibility index (Phi) is 1.54. The maximum absolute atomic E-state index is 4.10. The number of aromatic nitrogens is 5. The number of rotatable bonds is 1. The lowest BCUT2D eigenvalue weighted by Gasteiger charge is -1.93. The van der Waals surface area contributed by atoms with Gasteiger partial charge in [-0.05, 0) is 28.0 Å². The fraction of sp³-hybridized carbons (Fsp3) is 0. The van der Waals surface area contributed by atoms with Gasteiger partial charge in [0, 0.05) is 17.1 Å². The number of nitrogens with one attached hydrogen (secondary N) is 1. The molecule has 0 aliphatic rings. The number of tetrazole rings is 1. The van der Waals surface area contributed by atoms with E-state index in [1.807, 2.05) is 24.4 Å². The first-order chi connectivity index (χ1) is 6.93. The van der Waals surface area contributed by atoms with Crippen LogP contribution in [-0.2, 0) is 0 Å². The fourth-order valence-electron chi connectivity index (χ4n) is 1.29. The molecule has 0 aliphatic carbocycles. The molecule has 1 aromatic carbocycles. The van der Waals surface area contributed by atoms with E-state index in [1.165, 1.54) is 11.5 Å². The third-order valence-corrected chi connectivity index (χ3v) is 2.74. The molecule has 0 saturated carbocycles. The molecule has 0 fully saturated rings. The molecular weight excluding hydrogens is 198 g/mol. The van der Waals surface area contributed by atoms with E-state index in [1.54, 1.807) is 0 Å². The Morgan fingerprint density at radius 3 is 3.14 bits per heavy atom. The SMILES string of the molecule is c1cc2cnsc2cc1-c1nnn[nH]1. The number of hydrogen-bond acceptors (Lipinski definition) is 5. The first-order valence-electron chi connectivity index (χ1n) is 4.02. The van der Waals surface area contributed by atoms with Crippen molar-refractivity contribution in [1.29, 1.82) is 0 Å². The normalized spacial score (nSPS) is 10.9. The van der Waals surface area contributed by atoms with Crippen LogP contribution >= 0.6 is 11.5 Å². The molecule has 3 aromatic rings. The monoisotopic (exact) mass is 203 g/mol. The topological polar surface area (TPSA) is 67.3 Å². The first-order valence-corrected chi connectivity index (χ1v) is 4.79. The molecule has 0 bridgehead atoms. The second-order valence-electron chi connectivity index (χ2n) is 2.83. The van der Waals surface area contributed by atoms with Crippen LogP contribution in [0.2, 0.25) is 0 Å². The number of fused-ring (bicyclic) bond motifs is 1. The fourth-order valence-corrected chi connectivity index (χ4v) is 1.97. The van der Waals surface area contributed by atoms with Crippen molar-refractivity contribution in [3.8, 4) is 11.4 Å². The van der Waals surface area contributed by atoms with Crippen molar-refractivity contribution >= 4 is 21.6 Å². The average molecular weight is 203 g/mol. The predicted molar refractivity (Wildman–Crippen MR) is 52.8 cm³/mol. The van der Waals surface area contributed by atoms with Crippen LogP contribution < -0.4 is 0 Å². The van der Waals surface area contributed by atoms with E-state index < -0.39 is 0 Å². The van der Waals surface area contributed by atoms with Gasteiger partial charge in [0.1, 0.15) is 0 Å². The lowest BCUT2D eigenvalue weighted by Crippen LogP contribution is -1.79. The largest absolute Gasteiger partial charge is 0.239 e. The van der Waals surface area contributed by atoms with E-state index in [2.05, 4.69) is 25.0 Å². The molecule has 2 heterocycles. The Morgan fingerprint density at radius 2 is 2.29 bits per heavy atom. The van der Waals surface area contributed by atoms with E-state index in [-0.39, 0.29) is 0 Å². The third kappa shape index (κ3) is 1.08. The second-order valence-corrected chi connectivity index (χ2v) is 3.66. The molecule has 6 heteroatoms. The Hall–Kier alpha value is -1.82. The van der Waals surface area contributed by atoms with Crippen molar-refractivity contribution in [2.75, 3.05) is 0 Å². The summed E-state index contributed by atoms with van der Waals surface area (Å²) in [5.74, 6) is 0.681. The zero-order valence-corrected chi connectivity index (χ0v) is 7.82. The summed E-state index contributed by atoms with van der Waals surface area (Å²) in [4.78, 5) is 0. The molecule has 0 saturated heterocycles. The maximum Gasteiger partial charge on any atom is 0.179 e. The highest BCUT2D eigenvalue weighted by Gasteiger charge is 2.03. The van der Waals surface area contributed by atoms with Crippen LogP contribution in [0.25, 0.3) is 21.5 Å². The molecule has 0 amide bonds. The van der Waals surface area contributed by atoms with Gasteiger partial charge in [-0.2, -0.15) is 4.37 Å². The van der Waals surface area contributed by atoms with Gasteiger partial charge in [-0.15, -0.1) is 5.10 Å². The summed E-state index contributed by atoms with van der Waals surface area (Å²) in [6, 6.07) is 6.00. The number of nitrogens with zero attached hydrogens (tertiary/aromatic N) is 4. The van der Waals surface area contributed by atoms with Gasteiger partial charge in [-0.1, -0.05) is 12.1 Å². The minimum atomic E-state index is 0.681. The summed E-state index contributed by atoms with van der Waals surface area (Å²) in [5.41, 5.74) is 0.978. The zero-order valence-electron chi connectivity index (χ0n) is 7.01. The standard InChI is InChI=1S/C8H5N5S/c1-2-6-4-9-14-7(6)3-5(1)8-10-12-13-11-8/h1-4H,(H,10,11,12,13).